The fourth-order valence-corrected chi connectivity index (χ4v) is 5.57. The van der Waals surface area contributed by atoms with Crippen LogP contribution in [0.5, 0.6) is 0 Å². The van der Waals surface area contributed by atoms with Crippen molar-refractivity contribution in [3.8, 4) is 0 Å². The summed E-state index contributed by atoms with van der Waals surface area (Å²) in [5.41, 5.74) is 5.90. The van der Waals surface area contributed by atoms with Crippen molar-refractivity contribution in [2.24, 2.45) is 35.3 Å². The van der Waals surface area contributed by atoms with Crippen molar-refractivity contribution < 1.29 is 4.79 Å². The normalized spacial score (nSPS) is 50.3. The molecule has 4 bridgehead atoms. The number of nitrogens with zero attached hydrogens (tertiary/aromatic N) is 1. The third kappa shape index (κ3) is 1.70. The summed E-state index contributed by atoms with van der Waals surface area (Å²) in [5, 5.41) is 0. The first-order valence-electron chi connectivity index (χ1n) is 7.72. The Labute approximate surface area is 109 Å². The van der Waals surface area contributed by atoms with Crippen LogP contribution in [0.2, 0.25) is 0 Å². The van der Waals surface area contributed by atoms with Gasteiger partial charge in [0, 0.05) is 25.6 Å². The average molecular weight is 248 g/mol. The first-order valence-corrected chi connectivity index (χ1v) is 7.72. The smallest absolute Gasteiger partial charge is 0.224 e. The average Bonchev–Trinajstić information content (AvgIpc) is 2.61. The molecule has 5 aliphatic rings. The van der Waals surface area contributed by atoms with E-state index in [1.165, 1.54) is 32.1 Å². The van der Waals surface area contributed by atoms with Gasteiger partial charge in [0.2, 0.25) is 5.91 Å². The maximum Gasteiger partial charge on any atom is 0.224 e. The molecule has 100 valence electrons. The van der Waals surface area contributed by atoms with Gasteiger partial charge in [-0.1, -0.05) is 0 Å². The largest absolute Gasteiger partial charge is 0.341 e. The van der Waals surface area contributed by atoms with E-state index in [1.807, 2.05) is 0 Å². The van der Waals surface area contributed by atoms with E-state index in [9.17, 15) is 4.79 Å². The van der Waals surface area contributed by atoms with Crippen LogP contribution < -0.4 is 5.73 Å². The minimum absolute atomic E-state index is 0.0920. The van der Waals surface area contributed by atoms with E-state index < -0.39 is 0 Å². The molecule has 3 heteroatoms. The lowest BCUT2D eigenvalue weighted by Gasteiger charge is -2.55. The lowest BCUT2D eigenvalue weighted by atomic mass is 9.52. The van der Waals surface area contributed by atoms with Crippen LogP contribution in [0.3, 0.4) is 0 Å². The summed E-state index contributed by atoms with van der Waals surface area (Å²) in [7, 11) is 0. The van der Waals surface area contributed by atoms with E-state index in [1.54, 1.807) is 0 Å². The number of likely N-dealkylation sites (tertiary alicyclic amines) is 1. The van der Waals surface area contributed by atoms with Crippen molar-refractivity contribution in [3.05, 3.63) is 0 Å². The zero-order chi connectivity index (χ0) is 12.3. The number of nitrogens with two attached hydrogens (primary N) is 1. The van der Waals surface area contributed by atoms with Crippen LogP contribution in [0, 0.1) is 29.6 Å². The number of amides is 1. The maximum atomic E-state index is 11.9. The lowest BCUT2D eigenvalue weighted by molar-refractivity contribution is -0.130. The van der Waals surface area contributed by atoms with Crippen LogP contribution in [0.25, 0.3) is 0 Å². The molecule has 4 saturated carbocycles. The Hall–Kier alpha value is -0.570. The molecule has 1 atom stereocenters. The minimum atomic E-state index is 0.0920. The molecule has 0 aromatic heterocycles. The molecule has 0 aromatic rings. The van der Waals surface area contributed by atoms with Gasteiger partial charge in [-0.25, -0.2) is 0 Å². The first-order chi connectivity index (χ1) is 8.69. The summed E-state index contributed by atoms with van der Waals surface area (Å²) in [6, 6.07) is 0.0920. The van der Waals surface area contributed by atoms with E-state index in [4.69, 9.17) is 5.73 Å². The molecular formula is C15H24N2O. The van der Waals surface area contributed by atoms with Crippen molar-refractivity contribution >= 4 is 5.91 Å². The third-order valence-corrected chi connectivity index (χ3v) is 6.10. The van der Waals surface area contributed by atoms with Gasteiger partial charge in [-0.15, -0.1) is 0 Å². The van der Waals surface area contributed by atoms with Crippen LogP contribution in [0.15, 0.2) is 0 Å². The summed E-state index contributed by atoms with van der Waals surface area (Å²) < 4.78 is 0. The van der Waals surface area contributed by atoms with Gasteiger partial charge in [-0.2, -0.15) is 0 Å². The highest BCUT2D eigenvalue weighted by Gasteiger charge is 2.49. The molecule has 1 saturated heterocycles. The molecule has 0 aromatic carbocycles. The zero-order valence-corrected chi connectivity index (χ0v) is 11.1. The Morgan fingerprint density at radius 3 is 2.17 bits per heavy atom. The summed E-state index contributed by atoms with van der Waals surface area (Å²) in [6.45, 7) is 1.82. The van der Waals surface area contributed by atoms with Crippen molar-refractivity contribution in [1.82, 2.24) is 4.90 Å². The number of carbonyl (C=O) groups excluding carboxylic acids is 1. The van der Waals surface area contributed by atoms with Crippen LogP contribution in [0.1, 0.15) is 38.5 Å². The number of hydrogen-bond acceptors (Lipinski definition) is 2. The quantitative estimate of drug-likeness (QED) is 0.807. The van der Waals surface area contributed by atoms with E-state index in [2.05, 4.69) is 4.90 Å². The van der Waals surface area contributed by atoms with Gasteiger partial charge < -0.3 is 10.6 Å². The maximum absolute atomic E-state index is 11.9. The standard InChI is InChI=1S/C15H24N2O/c16-13-6-15(18)17(7-13)8-14-11-2-9-1-10(4-11)5-12(14)3-9/h9-14H,1-8,16H2. The Kier molecular flexibility index (Phi) is 2.48. The van der Waals surface area contributed by atoms with Gasteiger partial charge in [-0.05, 0) is 61.7 Å². The zero-order valence-electron chi connectivity index (χ0n) is 11.1. The van der Waals surface area contributed by atoms with E-state index in [-0.39, 0.29) is 6.04 Å². The Bertz CT molecular complexity index is 340. The number of rotatable bonds is 2. The topological polar surface area (TPSA) is 46.3 Å². The second-order valence-electron chi connectivity index (χ2n) is 7.36. The first kappa shape index (κ1) is 11.3. The highest BCUT2D eigenvalue weighted by atomic mass is 16.2. The molecule has 0 spiro atoms. The molecule has 1 aliphatic heterocycles. The predicted octanol–water partition coefficient (Wildman–Crippen LogP) is 1.62. The molecular weight excluding hydrogens is 224 g/mol. The molecule has 1 unspecified atom stereocenters. The Balaban J connectivity index is 1.47. The molecule has 4 aliphatic carbocycles. The van der Waals surface area contributed by atoms with Gasteiger partial charge in [0.1, 0.15) is 0 Å². The van der Waals surface area contributed by atoms with Crippen LogP contribution in [-0.2, 0) is 4.79 Å². The van der Waals surface area contributed by atoms with E-state index in [0.29, 0.717) is 12.3 Å². The third-order valence-electron chi connectivity index (χ3n) is 6.10. The highest BCUT2D eigenvalue weighted by molar-refractivity contribution is 5.79. The van der Waals surface area contributed by atoms with Gasteiger partial charge >= 0.3 is 0 Å². The van der Waals surface area contributed by atoms with Gasteiger partial charge in [0.05, 0.1) is 0 Å². The molecule has 3 nitrogen and oxygen atoms in total. The second kappa shape index (κ2) is 3.96. The Morgan fingerprint density at radius 2 is 1.67 bits per heavy atom. The second-order valence-corrected chi connectivity index (χ2v) is 7.36. The molecule has 2 N–H and O–H groups in total. The summed E-state index contributed by atoms with van der Waals surface area (Å²) in [5.74, 6) is 5.00. The van der Waals surface area contributed by atoms with E-state index in [0.717, 1.165) is 42.7 Å². The van der Waals surface area contributed by atoms with Crippen LogP contribution in [0.4, 0.5) is 0 Å². The van der Waals surface area contributed by atoms with Crippen LogP contribution in [-0.4, -0.2) is 29.9 Å². The van der Waals surface area contributed by atoms with Gasteiger partial charge in [0.25, 0.3) is 0 Å². The molecule has 0 radical (unpaired) electrons. The fraction of sp³-hybridized carbons (Fsp3) is 0.933. The van der Waals surface area contributed by atoms with Crippen LogP contribution >= 0.6 is 0 Å². The van der Waals surface area contributed by atoms with Crippen molar-refractivity contribution in [1.29, 1.82) is 0 Å². The van der Waals surface area contributed by atoms with Crippen molar-refractivity contribution in [3.63, 3.8) is 0 Å². The lowest BCUT2D eigenvalue weighted by Crippen LogP contribution is -2.49. The SMILES string of the molecule is NC1CC(=O)N(CC2C3CC4CC(C3)CC2C4)C1. The summed E-state index contributed by atoms with van der Waals surface area (Å²) in [4.78, 5) is 14.0. The van der Waals surface area contributed by atoms with Gasteiger partial charge in [0.15, 0.2) is 0 Å². The molecule has 1 amide bonds. The van der Waals surface area contributed by atoms with Gasteiger partial charge in [-0.3, -0.25) is 4.79 Å². The summed E-state index contributed by atoms with van der Waals surface area (Å²) >= 11 is 0. The molecule has 1 heterocycles. The molecule has 5 rings (SSSR count). The fourth-order valence-electron chi connectivity index (χ4n) is 5.57. The Morgan fingerprint density at radius 1 is 1.06 bits per heavy atom. The van der Waals surface area contributed by atoms with Crippen molar-refractivity contribution in [2.45, 2.75) is 44.6 Å². The molecule has 5 fully saturated rings. The van der Waals surface area contributed by atoms with Crippen molar-refractivity contribution in [2.75, 3.05) is 13.1 Å². The summed E-state index contributed by atoms with van der Waals surface area (Å²) in [6.07, 6.45) is 7.88. The minimum Gasteiger partial charge on any atom is -0.341 e. The van der Waals surface area contributed by atoms with E-state index >= 15 is 0 Å². The number of hydrogen-bond donors (Lipinski definition) is 1. The molecule has 18 heavy (non-hydrogen) atoms. The monoisotopic (exact) mass is 248 g/mol. The highest BCUT2D eigenvalue weighted by Crippen LogP contribution is 2.56. The number of carbonyl (C=O) groups is 1. The predicted molar refractivity (Wildman–Crippen MR) is 69.7 cm³/mol.